The molecule has 3 heterocycles. The van der Waals surface area contributed by atoms with Gasteiger partial charge >= 0.3 is 0 Å². The van der Waals surface area contributed by atoms with Crippen molar-refractivity contribution in [2.24, 2.45) is 5.92 Å². The van der Waals surface area contributed by atoms with E-state index in [4.69, 9.17) is 14.7 Å². The molecule has 3 aromatic rings. The summed E-state index contributed by atoms with van der Waals surface area (Å²) in [6.07, 6.45) is 1.53. The summed E-state index contributed by atoms with van der Waals surface area (Å²) >= 11 is 0. The number of amides is 1. The largest absolute Gasteiger partial charge is 0.392 e. The number of benzene rings is 2. The number of aliphatic hydroxyl groups is 1. The molecule has 35 heavy (non-hydrogen) atoms. The molecule has 0 bridgehead atoms. The summed E-state index contributed by atoms with van der Waals surface area (Å²) < 4.78 is 5.98. The molecule has 1 unspecified atom stereocenters. The number of aromatic nitrogens is 2. The van der Waals surface area contributed by atoms with Gasteiger partial charge in [0.25, 0.3) is 0 Å². The Labute approximate surface area is 205 Å². The fourth-order valence-corrected chi connectivity index (χ4v) is 4.56. The molecule has 2 saturated heterocycles. The number of anilines is 1. The number of carbonyl (C=O) groups excluding carboxylic acids is 1. The van der Waals surface area contributed by atoms with Crippen molar-refractivity contribution >= 4 is 11.6 Å². The van der Waals surface area contributed by atoms with Crippen molar-refractivity contribution in [3.05, 3.63) is 65.9 Å². The molecule has 182 valence electrons. The van der Waals surface area contributed by atoms with E-state index >= 15 is 0 Å². The number of hydrogen-bond acceptors (Lipinski definition) is 7. The van der Waals surface area contributed by atoms with Gasteiger partial charge in [0, 0.05) is 35.8 Å². The molecule has 0 aliphatic carbocycles. The van der Waals surface area contributed by atoms with Crippen molar-refractivity contribution in [2.75, 3.05) is 38.1 Å². The fraction of sp³-hybridized carbons (Fsp3) is 0.370. The number of ether oxygens (including phenoxy) is 1. The Morgan fingerprint density at radius 2 is 1.83 bits per heavy atom. The van der Waals surface area contributed by atoms with Crippen LogP contribution in [0, 0.1) is 5.92 Å². The maximum atomic E-state index is 12.8. The number of nitrogens with zero attached hydrogens (tertiary/aromatic N) is 2. The van der Waals surface area contributed by atoms with Crippen molar-refractivity contribution in [1.82, 2.24) is 20.6 Å². The van der Waals surface area contributed by atoms with Crippen LogP contribution < -0.4 is 16.0 Å². The van der Waals surface area contributed by atoms with E-state index in [1.54, 1.807) is 0 Å². The molecule has 8 heteroatoms. The summed E-state index contributed by atoms with van der Waals surface area (Å²) in [6, 6.07) is 17.4. The molecule has 1 atom stereocenters. The minimum absolute atomic E-state index is 0.0342. The van der Waals surface area contributed by atoms with Crippen molar-refractivity contribution in [2.45, 2.75) is 25.6 Å². The average molecular weight is 474 g/mol. The molecule has 2 fully saturated rings. The van der Waals surface area contributed by atoms with E-state index < -0.39 is 0 Å². The van der Waals surface area contributed by atoms with Gasteiger partial charge in [0.05, 0.1) is 24.6 Å². The predicted octanol–water partition coefficient (Wildman–Crippen LogP) is 2.90. The number of piperidine rings is 1. The minimum atomic E-state index is -0.173. The van der Waals surface area contributed by atoms with Gasteiger partial charge in [-0.1, -0.05) is 30.3 Å². The molecule has 0 spiro atoms. The van der Waals surface area contributed by atoms with Gasteiger partial charge < -0.3 is 25.8 Å². The summed E-state index contributed by atoms with van der Waals surface area (Å²) in [6.45, 7) is 3.82. The molecule has 8 nitrogen and oxygen atoms in total. The quantitative estimate of drug-likeness (QED) is 0.436. The third kappa shape index (κ3) is 5.74. The normalized spacial score (nSPS) is 18.8. The van der Waals surface area contributed by atoms with Crippen LogP contribution in [0.25, 0.3) is 22.6 Å². The molecule has 1 aromatic heterocycles. The smallest absolute Gasteiger partial charge is 0.227 e. The van der Waals surface area contributed by atoms with Crippen LogP contribution >= 0.6 is 0 Å². The van der Waals surface area contributed by atoms with Crippen molar-refractivity contribution in [3.8, 4) is 22.6 Å². The summed E-state index contributed by atoms with van der Waals surface area (Å²) in [5.74, 6) is 0.674. The molecule has 4 N–H and O–H groups in total. The van der Waals surface area contributed by atoms with E-state index in [2.05, 4.69) is 16.0 Å². The van der Waals surface area contributed by atoms with Gasteiger partial charge in [0.1, 0.15) is 6.10 Å². The predicted molar refractivity (Wildman–Crippen MR) is 135 cm³/mol. The summed E-state index contributed by atoms with van der Waals surface area (Å²) in [5, 5.41) is 19.3. The highest BCUT2D eigenvalue weighted by Gasteiger charge is 2.22. The van der Waals surface area contributed by atoms with Crippen LogP contribution in [0.4, 0.5) is 5.69 Å². The van der Waals surface area contributed by atoms with Gasteiger partial charge in [-0.15, -0.1) is 0 Å². The maximum absolute atomic E-state index is 12.8. The lowest BCUT2D eigenvalue weighted by Gasteiger charge is -2.24. The molecule has 2 aromatic carbocycles. The highest BCUT2D eigenvalue weighted by Crippen LogP contribution is 2.29. The van der Waals surface area contributed by atoms with E-state index in [0.717, 1.165) is 66.2 Å². The van der Waals surface area contributed by atoms with Gasteiger partial charge in [-0.25, -0.2) is 9.97 Å². The molecule has 2 aliphatic rings. The van der Waals surface area contributed by atoms with Crippen LogP contribution in [0.1, 0.15) is 30.2 Å². The Morgan fingerprint density at radius 1 is 1.00 bits per heavy atom. The first-order chi connectivity index (χ1) is 17.2. The van der Waals surface area contributed by atoms with E-state index in [0.29, 0.717) is 19.0 Å². The molecule has 2 aliphatic heterocycles. The van der Waals surface area contributed by atoms with Crippen molar-refractivity contribution < 1.29 is 14.6 Å². The highest BCUT2D eigenvalue weighted by atomic mass is 16.5. The third-order valence-electron chi connectivity index (χ3n) is 6.51. The first kappa shape index (κ1) is 23.6. The monoisotopic (exact) mass is 473 g/mol. The van der Waals surface area contributed by atoms with Gasteiger partial charge in [-0.05, 0) is 55.8 Å². The Balaban J connectivity index is 1.48. The van der Waals surface area contributed by atoms with E-state index in [-0.39, 0.29) is 24.5 Å². The zero-order valence-electron chi connectivity index (χ0n) is 19.7. The Bertz CT molecular complexity index is 1170. The van der Waals surface area contributed by atoms with Crippen LogP contribution in [-0.4, -0.2) is 53.8 Å². The van der Waals surface area contributed by atoms with Crippen LogP contribution in [0.3, 0.4) is 0 Å². The Hall–Kier alpha value is -3.17. The second-order valence-electron chi connectivity index (χ2n) is 9.02. The van der Waals surface area contributed by atoms with Crippen LogP contribution in [0.15, 0.2) is 54.6 Å². The standard InChI is InChI=1S/C27H31N5O3/c33-17-18-3-1-5-21(13-18)26-31-23(15-24(32-26)25-16-29-11-12-35-25)20-4-2-6-22(14-20)30-27(34)19-7-9-28-10-8-19/h1-6,13-15,19,25,28-29,33H,7-12,16-17H2,(H,30,34). The van der Waals surface area contributed by atoms with E-state index in [1.165, 1.54) is 0 Å². The zero-order valence-corrected chi connectivity index (χ0v) is 19.7. The minimum Gasteiger partial charge on any atom is -0.392 e. The number of carbonyl (C=O) groups is 1. The summed E-state index contributed by atoms with van der Waals surface area (Å²) in [5.41, 5.74) is 4.84. The van der Waals surface area contributed by atoms with Crippen molar-refractivity contribution in [3.63, 3.8) is 0 Å². The first-order valence-electron chi connectivity index (χ1n) is 12.2. The van der Waals surface area contributed by atoms with Crippen LogP contribution in [-0.2, 0) is 16.1 Å². The molecule has 0 radical (unpaired) electrons. The number of rotatable bonds is 6. The lowest BCUT2D eigenvalue weighted by Crippen LogP contribution is -2.34. The second-order valence-corrected chi connectivity index (χ2v) is 9.02. The number of nitrogens with one attached hydrogen (secondary N) is 3. The fourth-order valence-electron chi connectivity index (χ4n) is 4.56. The van der Waals surface area contributed by atoms with Crippen LogP contribution in [0.5, 0.6) is 0 Å². The number of aliphatic hydroxyl groups excluding tert-OH is 1. The number of hydrogen-bond donors (Lipinski definition) is 4. The molecular formula is C27H31N5O3. The SMILES string of the molecule is O=C(Nc1cccc(-c2cc(C3CNCCO3)nc(-c3cccc(CO)c3)n2)c1)C1CCNCC1. The Kier molecular flexibility index (Phi) is 7.44. The molecule has 1 amide bonds. The lowest BCUT2D eigenvalue weighted by atomic mass is 9.97. The zero-order chi connectivity index (χ0) is 24.0. The first-order valence-corrected chi connectivity index (χ1v) is 12.2. The second kappa shape index (κ2) is 11.0. The topological polar surface area (TPSA) is 108 Å². The third-order valence-corrected chi connectivity index (χ3v) is 6.51. The van der Waals surface area contributed by atoms with Gasteiger partial charge in [0.15, 0.2) is 5.82 Å². The van der Waals surface area contributed by atoms with E-state index in [9.17, 15) is 9.90 Å². The summed E-state index contributed by atoms with van der Waals surface area (Å²) in [4.78, 5) is 22.5. The van der Waals surface area contributed by atoms with Gasteiger partial charge in [-0.3, -0.25) is 4.79 Å². The highest BCUT2D eigenvalue weighted by molar-refractivity contribution is 5.93. The van der Waals surface area contributed by atoms with Gasteiger partial charge in [0.2, 0.25) is 5.91 Å². The molecular weight excluding hydrogens is 442 g/mol. The maximum Gasteiger partial charge on any atom is 0.227 e. The lowest BCUT2D eigenvalue weighted by molar-refractivity contribution is -0.120. The Morgan fingerprint density at radius 3 is 2.63 bits per heavy atom. The molecule has 5 rings (SSSR count). The number of morpholine rings is 1. The molecule has 0 saturated carbocycles. The van der Waals surface area contributed by atoms with E-state index in [1.807, 2.05) is 54.6 Å². The van der Waals surface area contributed by atoms with Gasteiger partial charge in [-0.2, -0.15) is 0 Å². The van der Waals surface area contributed by atoms with Crippen LogP contribution in [0.2, 0.25) is 0 Å². The summed E-state index contributed by atoms with van der Waals surface area (Å²) in [7, 11) is 0. The average Bonchev–Trinajstić information content (AvgIpc) is 2.94. The van der Waals surface area contributed by atoms with Crippen molar-refractivity contribution in [1.29, 1.82) is 0 Å².